The van der Waals surface area contributed by atoms with Crippen LogP contribution < -0.4 is 0 Å². The zero-order valence-electron chi connectivity index (χ0n) is 12.7. The maximum Gasteiger partial charge on any atom is 0.256 e. The van der Waals surface area contributed by atoms with Crippen LogP contribution in [0.5, 0.6) is 0 Å². The molecule has 1 spiro atoms. The molecular formula is C17H19N3O2. The Bertz CT molecular complexity index is 664. The van der Waals surface area contributed by atoms with Crippen LogP contribution in [0.4, 0.5) is 0 Å². The van der Waals surface area contributed by atoms with Gasteiger partial charge in [0.1, 0.15) is 5.54 Å². The average molecular weight is 297 g/mol. The van der Waals surface area contributed by atoms with E-state index in [2.05, 4.69) is 6.07 Å². The highest BCUT2D eigenvalue weighted by Gasteiger charge is 2.52. The van der Waals surface area contributed by atoms with Gasteiger partial charge in [-0.05, 0) is 37.8 Å². The van der Waals surface area contributed by atoms with E-state index in [-0.39, 0.29) is 11.8 Å². The van der Waals surface area contributed by atoms with Crippen molar-refractivity contribution < 1.29 is 9.59 Å². The summed E-state index contributed by atoms with van der Waals surface area (Å²) >= 11 is 0. The average Bonchev–Trinajstić information content (AvgIpc) is 2.96. The molecule has 2 aliphatic rings. The number of carbonyl (C=O) groups is 2. The first-order chi connectivity index (χ1) is 10.6. The van der Waals surface area contributed by atoms with Crippen LogP contribution in [0.1, 0.15) is 41.6 Å². The summed E-state index contributed by atoms with van der Waals surface area (Å²) < 4.78 is 0. The van der Waals surface area contributed by atoms with E-state index < -0.39 is 5.54 Å². The number of piperidine rings is 1. The van der Waals surface area contributed by atoms with Crippen molar-refractivity contribution in [2.24, 2.45) is 0 Å². The predicted octanol–water partition coefficient (Wildman–Crippen LogP) is 1.79. The van der Waals surface area contributed by atoms with Crippen LogP contribution in [-0.4, -0.2) is 47.3 Å². The molecule has 0 radical (unpaired) electrons. The SMILES string of the molecule is CN1CCCC2(CCCN2C(=O)c2ccccc2C#N)C1=O. The van der Waals surface area contributed by atoms with Crippen LogP contribution in [0.25, 0.3) is 0 Å². The van der Waals surface area contributed by atoms with Crippen molar-refractivity contribution in [1.29, 1.82) is 5.26 Å². The first-order valence-electron chi connectivity index (χ1n) is 7.67. The van der Waals surface area contributed by atoms with Gasteiger partial charge in [-0.3, -0.25) is 9.59 Å². The number of benzene rings is 1. The number of likely N-dealkylation sites (tertiary alicyclic amines) is 2. The van der Waals surface area contributed by atoms with E-state index in [9.17, 15) is 14.9 Å². The van der Waals surface area contributed by atoms with Gasteiger partial charge in [0.05, 0.1) is 17.2 Å². The van der Waals surface area contributed by atoms with E-state index in [1.165, 1.54) is 0 Å². The van der Waals surface area contributed by atoms with Gasteiger partial charge in [0, 0.05) is 20.1 Å². The smallest absolute Gasteiger partial charge is 0.256 e. The first kappa shape index (κ1) is 14.6. The number of nitrogens with zero attached hydrogens (tertiary/aromatic N) is 3. The van der Waals surface area contributed by atoms with Crippen LogP contribution >= 0.6 is 0 Å². The summed E-state index contributed by atoms with van der Waals surface area (Å²) in [5, 5.41) is 9.21. The molecule has 5 nitrogen and oxygen atoms in total. The van der Waals surface area contributed by atoms with Crippen molar-refractivity contribution in [2.45, 2.75) is 31.2 Å². The second-order valence-corrected chi connectivity index (χ2v) is 6.08. The number of carbonyl (C=O) groups excluding carboxylic acids is 2. The van der Waals surface area contributed by atoms with E-state index in [1.807, 2.05) is 0 Å². The van der Waals surface area contributed by atoms with Gasteiger partial charge in [-0.15, -0.1) is 0 Å². The van der Waals surface area contributed by atoms with Crippen molar-refractivity contribution in [3.63, 3.8) is 0 Å². The molecule has 0 saturated carbocycles. The van der Waals surface area contributed by atoms with Gasteiger partial charge in [0.25, 0.3) is 5.91 Å². The normalized spacial score (nSPS) is 24.6. The monoisotopic (exact) mass is 297 g/mol. The quantitative estimate of drug-likeness (QED) is 0.793. The fraction of sp³-hybridized carbons (Fsp3) is 0.471. The summed E-state index contributed by atoms with van der Waals surface area (Å²) in [5.41, 5.74) is 0.0607. The lowest BCUT2D eigenvalue weighted by Crippen LogP contribution is -2.60. The third-order valence-corrected chi connectivity index (χ3v) is 4.84. The molecule has 2 aliphatic heterocycles. The molecule has 1 unspecified atom stereocenters. The summed E-state index contributed by atoms with van der Waals surface area (Å²) in [5.74, 6) is -0.155. The lowest BCUT2D eigenvalue weighted by atomic mass is 9.85. The molecular weight excluding hydrogens is 278 g/mol. The van der Waals surface area contributed by atoms with Crippen molar-refractivity contribution in [3.8, 4) is 6.07 Å². The fourth-order valence-corrected chi connectivity index (χ4v) is 3.74. The summed E-state index contributed by atoms with van der Waals surface area (Å²) in [7, 11) is 1.80. The highest BCUT2D eigenvalue weighted by molar-refractivity contribution is 6.01. The molecule has 1 aromatic rings. The molecule has 2 amide bonds. The van der Waals surface area contributed by atoms with Crippen molar-refractivity contribution in [1.82, 2.24) is 9.80 Å². The molecule has 2 fully saturated rings. The molecule has 0 N–H and O–H groups in total. The Labute approximate surface area is 130 Å². The Hall–Kier alpha value is -2.35. The lowest BCUT2D eigenvalue weighted by Gasteiger charge is -2.43. The van der Waals surface area contributed by atoms with Gasteiger partial charge in [-0.1, -0.05) is 12.1 Å². The zero-order valence-corrected chi connectivity index (χ0v) is 12.7. The lowest BCUT2D eigenvalue weighted by molar-refractivity contribution is -0.144. The number of amides is 2. The van der Waals surface area contributed by atoms with Crippen LogP contribution in [0.15, 0.2) is 24.3 Å². The van der Waals surface area contributed by atoms with Crippen LogP contribution in [0.2, 0.25) is 0 Å². The Morgan fingerprint density at radius 3 is 2.64 bits per heavy atom. The third-order valence-electron chi connectivity index (χ3n) is 4.84. The molecule has 5 heteroatoms. The molecule has 2 saturated heterocycles. The maximum absolute atomic E-state index is 13.0. The minimum absolute atomic E-state index is 0.0408. The second-order valence-electron chi connectivity index (χ2n) is 6.08. The molecule has 2 heterocycles. The number of likely N-dealkylation sites (N-methyl/N-ethyl adjacent to an activating group) is 1. The highest BCUT2D eigenvalue weighted by Crippen LogP contribution is 2.38. The molecule has 1 aromatic carbocycles. The van der Waals surface area contributed by atoms with E-state index in [4.69, 9.17) is 0 Å². The van der Waals surface area contributed by atoms with E-state index in [0.717, 1.165) is 32.2 Å². The number of hydrogen-bond acceptors (Lipinski definition) is 3. The number of rotatable bonds is 1. The summed E-state index contributed by atoms with van der Waals surface area (Å²) in [4.78, 5) is 29.1. The van der Waals surface area contributed by atoms with E-state index >= 15 is 0 Å². The Morgan fingerprint density at radius 1 is 1.23 bits per heavy atom. The largest absolute Gasteiger partial charge is 0.344 e. The van der Waals surface area contributed by atoms with Gasteiger partial charge in [-0.2, -0.15) is 5.26 Å². The molecule has 3 rings (SSSR count). The Balaban J connectivity index is 1.98. The highest BCUT2D eigenvalue weighted by atomic mass is 16.2. The minimum Gasteiger partial charge on any atom is -0.344 e. The van der Waals surface area contributed by atoms with Crippen LogP contribution in [-0.2, 0) is 4.79 Å². The predicted molar refractivity (Wildman–Crippen MR) is 81.0 cm³/mol. The minimum atomic E-state index is -0.702. The molecule has 114 valence electrons. The summed E-state index contributed by atoms with van der Waals surface area (Å²) in [6, 6.07) is 8.88. The van der Waals surface area contributed by atoms with Crippen molar-refractivity contribution in [2.75, 3.05) is 20.1 Å². The molecule has 0 aromatic heterocycles. The van der Waals surface area contributed by atoms with Crippen LogP contribution in [0.3, 0.4) is 0 Å². The van der Waals surface area contributed by atoms with Gasteiger partial charge in [0.15, 0.2) is 0 Å². The van der Waals surface area contributed by atoms with E-state index in [0.29, 0.717) is 17.7 Å². The van der Waals surface area contributed by atoms with Gasteiger partial charge < -0.3 is 9.80 Å². The van der Waals surface area contributed by atoms with Gasteiger partial charge >= 0.3 is 0 Å². The van der Waals surface area contributed by atoms with Gasteiger partial charge in [-0.25, -0.2) is 0 Å². The topological polar surface area (TPSA) is 64.4 Å². The molecule has 0 bridgehead atoms. The first-order valence-corrected chi connectivity index (χ1v) is 7.67. The van der Waals surface area contributed by atoms with Crippen molar-refractivity contribution in [3.05, 3.63) is 35.4 Å². The van der Waals surface area contributed by atoms with Crippen molar-refractivity contribution >= 4 is 11.8 Å². The number of hydrogen-bond donors (Lipinski definition) is 0. The summed E-state index contributed by atoms with van der Waals surface area (Å²) in [6.45, 7) is 1.33. The summed E-state index contributed by atoms with van der Waals surface area (Å²) in [6.07, 6.45) is 3.18. The third kappa shape index (κ3) is 2.07. The van der Waals surface area contributed by atoms with E-state index in [1.54, 1.807) is 41.1 Å². The molecule has 1 atom stereocenters. The zero-order chi connectivity index (χ0) is 15.7. The maximum atomic E-state index is 13.0. The Morgan fingerprint density at radius 2 is 1.91 bits per heavy atom. The Kier molecular flexibility index (Phi) is 3.61. The number of nitriles is 1. The van der Waals surface area contributed by atoms with Gasteiger partial charge in [0.2, 0.25) is 5.91 Å². The second kappa shape index (κ2) is 5.45. The fourth-order valence-electron chi connectivity index (χ4n) is 3.74. The van der Waals surface area contributed by atoms with Crippen LogP contribution in [0, 0.1) is 11.3 Å². The molecule has 22 heavy (non-hydrogen) atoms. The molecule has 0 aliphatic carbocycles. The standard InChI is InChI=1S/C17H19N3O2/c1-19-10-4-8-17(16(19)22)9-5-11-20(17)15(21)14-7-3-2-6-13(14)12-18/h2-3,6-7H,4-5,8-11H2,1H3.